The third-order valence-electron chi connectivity index (χ3n) is 3.30. The number of carbonyl (C=O) groups is 1. The number of rotatable bonds is 1. The zero-order chi connectivity index (χ0) is 12.7. The molecule has 0 bridgehead atoms. The second-order valence-corrected chi connectivity index (χ2v) is 4.31. The summed E-state index contributed by atoms with van der Waals surface area (Å²) in [5.74, 6) is 0.433. The van der Waals surface area contributed by atoms with E-state index in [4.69, 9.17) is 4.74 Å². The summed E-state index contributed by atoms with van der Waals surface area (Å²) in [6.07, 6.45) is 0.641. The molecule has 0 aliphatic heterocycles. The number of ether oxygens (including phenoxy) is 1. The van der Waals surface area contributed by atoms with Crippen LogP contribution < -0.4 is 4.74 Å². The number of phenols is 1. The quantitative estimate of drug-likeness (QED) is 0.711. The van der Waals surface area contributed by atoms with Crippen LogP contribution in [-0.4, -0.2) is 18.0 Å². The molecule has 1 N–H and O–H groups in total. The van der Waals surface area contributed by atoms with Crippen LogP contribution in [0.25, 0.3) is 0 Å². The van der Waals surface area contributed by atoms with Gasteiger partial charge in [-0.15, -0.1) is 0 Å². The van der Waals surface area contributed by atoms with Crippen LogP contribution in [-0.2, 0) is 6.42 Å². The Kier molecular flexibility index (Phi) is 2.33. The molecule has 0 spiro atoms. The summed E-state index contributed by atoms with van der Waals surface area (Å²) in [5.41, 5.74) is 2.77. The Morgan fingerprint density at radius 1 is 1.06 bits per heavy atom. The molecule has 0 fully saturated rings. The molecule has 3 nitrogen and oxygen atoms in total. The molecule has 0 aromatic heterocycles. The van der Waals surface area contributed by atoms with E-state index in [1.165, 1.54) is 6.07 Å². The van der Waals surface area contributed by atoms with E-state index in [1.54, 1.807) is 19.2 Å². The highest BCUT2D eigenvalue weighted by molar-refractivity contribution is 6.15. The van der Waals surface area contributed by atoms with Crippen molar-refractivity contribution >= 4 is 5.78 Å². The third-order valence-corrected chi connectivity index (χ3v) is 3.30. The number of hydrogen-bond donors (Lipinski definition) is 1. The van der Waals surface area contributed by atoms with Gasteiger partial charge in [0.2, 0.25) is 5.78 Å². The van der Waals surface area contributed by atoms with Crippen molar-refractivity contribution in [1.82, 2.24) is 0 Å². The Balaban J connectivity index is 2.27. The maximum Gasteiger partial charge on any atom is 0.201 e. The van der Waals surface area contributed by atoms with E-state index in [0.29, 0.717) is 23.3 Å². The molecule has 0 atom stereocenters. The number of fused-ring (bicyclic) bond motifs is 2. The number of carbonyl (C=O) groups excluding carboxylic acids is 1. The van der Waals surface area contributed by atoms with E-state index in [-0.39, 0.29) is 11.5 Å². The average molecular weight is 240 g/mol. The standard InChI is InChI=1S/C15H12O3/c1-18-12-7-3-5-10-8-9-4-2-6-11(16)13(9)15(17)14(10)12/h2-7,16H,8H2,1H3. The van der Waals surface area contributed by atoms with Crippen molar-refractivity contribution in [2.45, 2.75) is 6.42 Å². The van der Waals surface area contributed by atoms with Crippen LogP contribution in [0, 0.1) is 0 Å². The summed E-state index contributed by atoms with van der Waals surface area (Å²) in [4.78, 5) is 12.5. The first kappa shape index (κ1) is 10.8. The van der Waals surface area contributed by atoms with Crippen molar-refractivity contribution in [1.29, 1.82) is 0 Å². The van der Waals surface area contributed by atoms with Gasteiger partial charge in [0, 0.05) is 0 Å². The number of ketones is 1. The average Bonchev–Trinajstić information content (AvgIpc) is 2.38. The highest BCUT2D eigenvalue weighted by Crippen LogP contribution is 2.36. The van der Waals surface area contributed by atoms with Crippen molar-refractivity contribution < 1.29 is 14.6 Å². The van der Waals surface area contributed by atoms with Crippen LogP contribution in [0.1, 0.15) is 27.0 Å². The van der Waals surface area contributed by atoms with E-state index in [0.717, 1.165) is 11.1 Å². The lowest BCUT2D eigenvalue weighted by atomic mass is 9.84. The maximum atomic E-state index is 12.5. The second kappa shape index (κ2) is 3.88. The van der Waals surface area contributed by atoms with E-state index in [9.17, 15) is 9.90 Å². The second-order valence-electron chi connectivity index (χ2n) is 4.31. The van der Waals surface area contributed by atoms with Crippen LogP contribution >= 0.6 is 0 Å². The molecule has 90 valence electrons. The SMILES string of the molecule is COc1cccc2c1C(=O)c1c(O)cccc1C2. The van der Waals surface area contributed by atoms with Crippen LogP contribution in [0.2, 0.25) is 0 Å². The van der Waals surface area contributed by atoms with Gasteiger partial charge in [-0.1, -0.05) is 24.3 Å². The smallest absolute Gasteiger partial charge is 0.201 e. The molecule has 1 aliphatic carbocycles. The fraction of sp³-hybridized carbons (Fsp3) is 0.133. The van der Waals surface area contributed by atoms with Crippen LogP contribution in [0.3, 0.4) is 0 Å². The predicted octanol–water partition coefficient (Wildman–Crippen LogP) is 2.54. The van der Waals surface area contributed by atoms with Gasteiger partial charge in [-0.05, 0) is 29.7 Å². The molecule has 0 saturated carbocycles. The molecule has 2 aromatic rings. The van der Waals surface area contributed by atoms with E-state index in [1.807, 2.05) is 18.2 Å². The van der Waals surface area contributed by atoms with Gasteiger partial charge >= 0.3 is 0 Å². The Morgan fingerprint density at radius 2 is 1.72 bits per heavy atom. The molecule has 3 rings (SSSR count). The third kappa shape index (κ3) is 1.40. The van der Waals surface area contributed by atoms with Crippen LogP contribution in [0.4, 0.5) is 0 Å². The van der Waals surface area contributed by atoms with Gasteiger partial charge in [-0.3, -0.25) is 4.79 Å². The lowest BCUT2D eigenvalue weighted by Gasteiger charge is -2.20. The number of aromatic hydroxyl groups is 1. The van der Waals surface area contributed by atoms with E-state index < -0.39 is 0 Å². The van der Waals surface area contributed by atoms with E-state index >= 15 is 0 Å². The van der Waals surface area contributed by atoms with Crippen LogP contribution in [0.15, 0.2) is 36.4 Å². The molecular formula is C15H12O3. The molecule has 3 heteroatoms. The Bertz CT molecular complexity index is 644. The molecule has 0 amide bonds. The number of benzene rings is 2. The molecule has 0 saturated heterocycles. The minimum absolute atomic E-state index is 0.0362. The number of phenolic OH excluding ortho intramolecular Hbond substituents is 1. The normalized spacial score (nSPS) is 12.8. The van der Waals surface area contributed by atoms with E-state index in [2.05, 4.69) is 0 Å². The van der Waals surface area contributed by atoms with Gasteiger partial charge in [-0.2, -0.15) is 0 Å². The molecule has 0 heterocycles. The fourth-order valence-corrected chi connectivity index (χ4v) is 2.48. The zero-order valence-electron chi connectivity index (χ0n) is 9.93. The summed E-state index contributed by atoms with van der Waals surface area (Å²) in [7, 11) is 1.54. The summed E-state index contributed by atoms with van der Waals surface area (Å²) in [6.45, 7) is 0. The molecule has 2 aromatic carbocycles. The van der Waals surface area contributed by atoms with Crippen molar-refractivity contribution in [3.63, 3.8) is 0 Å². The summed E-state index contributed by atoms with van der Waals surface area (Å²) in [5, 5.41) is 9.85. The minimum Gasteiger partial charge on any atom is -0.507 e. The summed E-state index contributed by atoms with van der Waals surface area (Å²) >= 11 is 0. The first-order valence-corrected chi connectivity index (χ1v) is 5.74. The number of hydrogen-bond acceptors (Lipinski definition) is 3. The summed E-state index contributed by atoms with van der Waals surface area (Å²) < 4.78 is 5.24. The van der Waals surface area contributed by atoms with Gasteiger partial charge in [0.15, 0.2) is 0 Å². The van der Waals surface area contributed by atoms with Gasteiger partial charge in [0.25, 0.3) is 0 Å². The number of methoxy groups -OCH3 is 1. The van der Waals surface area contributed by atoms with Gasteiger partial charge in [0.05, 0.1) is 18.2 Å². The Hall–Kier alpha value is -2.29. The van der Waals surface area contributed by atoms with Gasteiger partial charge < -0.3 is 9.84 Å². The first-order chi connectivity index (χ1) is 8.72. The zero-order valence-corrected chi connectivity index (χ0v) is 9.93. The molecular weight excluding hydrogens is 228 g/mol. The van der Waals surface area contributed by atoms with Crippen LogP contribution in [0.5, 0.6) is 11.5 Å². The fourth-order valence-electron chi connectivity index (χ4n) is 2.48. The maximum absolute atomic E-state index is 12.5. The monoisotopic (exact) mass is 240 g/mol. The van der Waals surface area contributed by atoms with Crippen molar-refractivity contribution in [3.05, 3.63) is 58.7 Å². The summed E-state index contributed by atoms with van der Waals surface area (Å²) in [6, 6.07) is 10.7. The Morgan fingerprint density at radius 3 is 2.44 bits per heavy atom. The molecule has 0 radical (unpaired) electrons. The predicted molar refractivity (Wildman–Crippen MR) is 67.3 cm³/mol. The van der Waals surface area contributed by atoms with Crippen molar-refractivity contribution in [2.24, 2.45) is 0 Å². The Labute approximate surface area is 105 Å². The lowest BCUT2D eigenvalue weighted by Crippen LogP contribution is -2.16. The minimum atomic E-state index is -0.165. The molecule has 0 unspecified atom stereocenters. The highest BCUT2D eigenvalue weighted by Gasteiger charge is 2.28. The topological polar surface area (TPSA) is 46.5 Å². The van der Waals surface area contributed by atoms with Crippen molar-refractivity contribution in [3.8, 4) is 11.5 Å². The van der Waals surface area contributed by atoms with Gasteiger partial charge in [-0.25, -0.2) is 0 Å². The molecule has 18 heavy (non-hydrogen) atoms. The van der Waals surface area contributed by atoms with Crippen molar-refractivity contribution in [2.75, 3.05) is 7.11 Å². The van der Waals surface area contributed by atoms with Gasteiger partial charge in [0.1, 0.15) is 11.5 Å². The first-order valence-electron chi connectivity index (χ1n) is 5.74. The molecule has 1 aliphatic rings. The lowest BCUT2D eigenvalue weighted by molar-refractivity contribution is 0.102. The largest absolute Gasteiger partial charge is 0.507 e. The highest BCUT2D eigenvalue weighted by atomic mass is 16.5.